The maximum Gasteiger partial charge on any atom is 0.407 e. The van der Waals surface area contributed by atoms with E-state index in [1.165, 1.54) is 0 Å². The number of carbonyl (C=O) groups excluding carboxylic acids is 4. The number of primary amides is 1. The fourth-order valence-electron chi connectivity index (χ4n) is 2.79. The molecule has 0 unspecified atom stereocenters. The summed E-state index contributed by atoms with van der Waals surface area (Å²) >= 11 is 0. The fraction of sp³-hybridized carbons (Fsp3) is 0.818. The van der Waals surface area contributed by atoms with E-state index in [4.69, 9.17) is 19.9 Å². The van der Waals surface area contributed by atoms with Crippen LogP contribution in [0.2, 0.25) is 0 Å². The maximum atomic E-state index is 11.3. The number of hydrogen-bond acceptors (Lipinski definition) is 7. The van der Waals surface area contributed by atoms with Gasteiger partial charge in [0.05, 0.1) is 0 Å². The zero-order chi connectivity index (χ0) is 23.1. The molecule has 188 valence electrons. The maximum absolute atomic E-state index is 11.3. The number of hydrogen-bond donors (Lipinski definition) is 3. The number of rotatable bonds is 5. The zero-order valence-electron chi connectivity index (χ0n) is 18.7. The molecule has 2 aliphatic rings. The van der Waals surface area contributed by atoms with Gasteiger partial charge < -0.3 is 30.6 Å². The van der Waals surface area contributed by atoms with Crippen LogP contribution in [0.5, 0.6) is 0 Å². The van der Waals surface area contributed by atoms with Crippen LogP contribution >= 0.6 is 0 Å². The smallest absolute Gasteiger partial charge is 0.407 e. The van der Waals surface area contributed by atoms with E-state index in [1.807, 2.05) is 20.8 Å². The van der Waals surface area contributed by atoms with Gasteiger partial charge in [-0.3, -0.25) is 9.59 Å². The first-order chi connectivity index (χ1) is 13.7. The third-order valence-corrected chi connectivity index (χ3v) is 4.32. The Bertz CT molecular complexity index is 614. The van der Waals surface area contributed by atoms with Crippen LogP contribution in [-0.4, -0.2) is 54.0 Å². The second-order valence-corrected chi connectivity index (χ2v) is 9.58. The summed E-state index contributed by atoms with van der Waals surface area (Å²) in [6.07, 6.45) is 1.66. The lowest BCUT2D eigenvalue weighted by Gasteiger charge is -2.34. The molecular weight excluding hydrogens is 418 g/mol. The Kier molecular flexibility index (Phi) is 13.0. The Hall–Kier alpha value is -2.52. The molecule has 2 rings (SSSR count). The molecule has 0 aromatic carbocycles. The summed E-state index contributed by atoms with van der Waals surface area (Å²) in [5.41, 5.74) is 4.14. The topological polar surface area (TPSA) is 146 Å². The average molecular weight is 462 g/mol. The van der Waals surface area contributed by atoms with E-state index in [0.717, 1.165) is 0 Å². The highest BCUT2D eigenvalue weighted by molar-refractivity contribution is 5.78. The predicted molar refractivity (Wildman–Crippen MR) is 122 cm³/mol. The van der Waals surface area contributed by atoms with Crippen LogP contribution in [0.25, 0.3) is 0 Å². The Labute approximate surface area is 192 Å². The lowest BCUT2D eigenvalue weighted by molar-refractivity contribution is -0.138. The molecule has 0 heterocycles. The van der Waals surface area contributed by atoms with Gasteiger partial charge >= 0.3 is 12.2 Å². The molecule has 32 heavy (non-hydrogen) atoms. The van der Waals surface area contributed by atoms with Crippen molar-refractivity contribution >= 4 is 24.6 Å². The predicted octanol–water partition coefficient (Wildman–Crippen LogP) is 3.26. The van der Waals surface area contributed by atoms with Crippen LogP contribution in [0.3, 0.4) is 0 Å². The highest BCUT2D eigenvalue weighted by Gasteiger charge is 2.35. The Morgan fingerprint density at radius 3 is 1.50 bits per heavy atom. The lowest BCUT2D eigenvalue weighted by Crippen LogP contribution is -2.49. The Balaban J connectivity index is 0. The minimum atomic E-state index is -0.489. The number of carbonyl (C=O) groups is 4. The third kappa shape index (κ3) is 13.0. The van der Waals surface area contributed by atoms with E-state index < -0.39 is 23.4 Å². The van der Waals surface area contributed by atoms with E-state index in [-0.39, 0.29) is 44.9 Å². The van der Waals surface area contributed by atoms with Crippen LogP contribution < -0.4 is 16.4 Å². The van der Waals surface area contributed by atoms with Crippen molar-refractivity contribution in [3.8, 4) is 0 Å². The van der Waals surface area contributed by atoms with Crippen molar-refractivity contribution in [3.05, 3.63) is 0 Å². The molecule has 10 nitrogen and oxygen atoms in total. The highest BCUT2D eigenvalue weighted by atomic mass is 16.6. The first kappa shape index (κ1) is 31.7. The summed E-state index contributed by atoms with van der Waals surface area (Å²) in [6, 6.07) is 0.0853. The quantitative estimate of drug-likeness (QED) is 0.420. The average Bonchev–Trinajstić information content (AvgIpc) is 2.45. The van der Waals surface area contributed by atoms with Crippen molar-refractivity contribution in [1.82, 2.24) is 10.6 Å². The van der Waals surface area contributed by atoms with Crippen LogP contribution in [0.15, 0.2) is 0 Å². The molecule has 2 fully saturated rings. The Morgan fingerprint density at radius 2 is 1.19 bits per heavy atom. The SMILES string of the molecule is C.C.CC(C)(C)OC(=O)NC1CC(C(N)=O)C1.CC(C)(C)OC(=O)NC1CC(OC=O)C1. The minimum Gasteiger partial charge on any atom is -0.464 e. The standard InChI is InChI=1S/C10H18N2O3.C10H17NO4.2CH4/c1-10(2,3)15-9(14)12-7-4-6(5-7)8(11)13;1-10(2,3)15-9(13)11-7-4-8(5-7)14-6-12;;/h6-7H,4-5H2,1-3H3,(H2,11,13)(H,12,14);6-8H,4-5H2,1-3H3,(H,11,13);2*1H4. The van der Waals surface area contributed by atoms with Crippen LogP contribution in [0.1, 0.15) is 82.1 Å². The van der Waals surface area contributed by atoms with Gasteiger partial charge in [0, 0.05) is 30.8 Å². The largest absolute Gasteiger partial charge is 0.464 e. The minimum absolute atomic E-state index is 0. The van der Waals surface area contributed by atoms with Gasteiger partial charge in [-0.25, -0.2) is 9.59 Å². The lowest BCUT2D eigenvalue weighted by atomic mass is 9.80. The first-order valence-corrected chi connectivity index (χ1v) is 10.1. The number of amides is 3. The fourth-order valence-corrected chi connectivity index (χ4v) is 2.79. The van der Waals surface area contributed by atoms with Gasteiger partial charge in [0.2, 0.25) is 5.91 Å². The molecule has 0 bridgehead atoms. The molecule has 0 aromatic rings. The Morgan fingerprint density at radius 1 is 0.812 bits per heavy atom. The molecule has 2 saturated carbocycles. The summed E-state index contributed by atoms with van der Waals surface area (Å²) in [7, 11) is 0. The molecule has 0 radical (unpaired) electrons. The number of nitrogens with two attached hydrogens (primary N) is 1. The summed E-state index contributed by atoms with van der Waals surface area (Å²) in [6.45, 7) is 11.3. The van der Waals surface area contributed by atoms with Crippen LogP contribution in [-0.2, 0) is 23.8 Å². The molecule has 0 aromatic heterocycles. The zero-order valence-corrected chi connectivity index (χ0v) is 18.7. The van der Waals surface area contributed by atoms with E-state index in [9.17, 15) is 19.2 Å². The molecule has 10 heteroatoms. The van der Waals surface area contributed by atoms with Gasteiger partial charge in [-0.2, -0.15) is 0 Å². The molecule has 2 aliphatic carbocycles. The van der Waals surface area contributed by atoms with Crippen molar-refractivity contribution in [2.45, 2.75) is 111 Å². The molecule has 0 spiro atoms. The summed E-state index contributed by atoms with van der Waals surface area (Å²) < 4.78 is 14.9. The number of nitrogens with one attached hydrogen (secondary N) is 2. The summed E-state index contributed by atoms with van der Waals surface area (Å²) in [4.78, 5) is 43.3. The monoisotopic (exact) mass is 461 g/mol. The molecule has 3 amide bonds. The van der Waals surface area contributed by atoms with Gasteiger partial charge in [-0.1, -0.05) is 14.9 Å². The summed E-state index contributed by atoms with van der Waals surface area (Å²) in [5.74, 6) is -0.387. The molecular formula is C22H43N3O7. The van der Waals surface area contributed by atoms with Crippen LogP contribution in [0, 0.1) is 5.92 Å². The van der Waals surface area contributed by atoms with Gasteiger partial charge in [0.25, 0.3) is 6.47 Å². The van der Waals surface area contributed by atoms with E-state index >= 15 is 0 Å². The first-order valence-electron chi connectivity index (χ1n) is 10.1. The van der Waals surface area contributed by atoms with Crippen molar-refractivity contribution in [3.63, 3.8) is 0 Å². The van der Waals surface area contributed by atoms with Crippen LogP contribution in [0.4, 0.5) is 9.59 Å². The second-order valence-electron chi connectivity index (χ2n) is 9.58. The van der Waals surface area contributed by atoms with Crippen molar-refractivity contribution < 1.29 is 33.4 Å². The molecule has 0 saturated heterocycles. The van der Waals surface area contributed by atoms with E-state index in [1.54, 1.807) is 20.8 Å². The van der Waals surface area contributed by atoms with Crippen molar-refractivity contribution in [2.24, 2.45) is 11.7 Å². The second kappa shape index (κ2) is 13.1. The van der Waals surface area contributed by atoms with Gasteiger partial charge in [-0.15, -0.1) is 0 Å². The molecule has 4 N–H and O–H groups in total. The normalized spacial score (nSPS) is 23.6. The third-order valence-electron chi connectivity index (χ3n) is 4.32. The highest BCUT2D eigenvalue weighted by Crippen LogP contribution is 2.27. The molecule has 0 aliphatic heterocycles. The summed E-state index contributed by atoms with van der Waals surface area (Å²) in [5, 5.41) is 5.39. The number of ether oxygens (including phenoxy) is 3. The van der Waals surface area contributed by atoms with Gasteiger partial charge in [0.15, 0.2) is 0 Å². The van der Waals surface area contributed by atoms with E-state index in [2.05, 4.69) is 10.6 Å². The van der Waals surface area contributed by atoms with Crippen molar-refractivity contribution in [2.75, 3.05) is 0 Å². The molecule has 0 atom stereocenters. The number of alkyl carbamates (subject to hydrolysis) is 2. The van der Waals surface area contributed by atoms with Gasteiger partial charge in [-0.05, 0) is 54.4 Å². The van der Waals surface area contributed by atoms with Crippen molar-refractivity contribution in [1.29, 1.82) is 0 Å². The van der Waals surface area contributed by atoms with Gasteiger partial charge in [0.1, 0.15) is 17.3 Å². The van der Waals surface area contributed by atoms with E-state index in [0.29, 0.717) is 32.2 Å².